The molecule has 0 saturated carbocycles. The number of ether oxygens (including phenoxy) is 4. The fourth-order valence-electron chi connectivity index (χ4n) is 7.60. The van der Waals surface area contributed by atoms with Gasteiger partial charge in [-0.1, -0.05) is 34.0 Å². The summed E-state index contributed by atoms with van der Waals surface area (Å²) in [5.74, 6) is -1.91. The minimum atomic E-state index is -3.74. The summed E-state index contributed by atoms with van der Waals surface area (Å²) < 4.78 is 67.3. The van der Waals surface area contributed by atoms with E-state index in [2.05, 4.69) is 25.6 Å². The molecule has 8 heterocycles. The second kappa shape index (κ2) is 15.0. The normalized spacial score (nSPS) is 31.1. The highest BCUT2D eigenvalue weighted by Gasteiger charge is 2.54. The van der Waals surface area contributed by atoms with Crippen LogP contribution in [0.25, 0.3) is 33.1 Å². The molecule has 0 aliphatic carbocycles. The van der Waals surface area contributed by atoms with Gasteiger partial charge in [0.25, 0.3) is 0 Å². The Morgan fingerprint density at radius 3 is 1.83 bits per heavy atom. The van der Waals surface area contributed by atoms with E-state index in [1.54, 1.807) is 47.0 Å². The van der Waals surface area contributed by atoms with Gasteiger partial charge in [0.15, 0.2) is 36.3 Å². The molecule has 8 bridgehead atoms. The summed E-state index contributed by atoms with van der Waals surface area (Å²) in [5, 5.41) is 26.3. The van der Waals surface area contributed by atoms with Gasteiger partial charge in [0, 0.05) is 33.4 Å². The van der Waals surface area contributed by atoms with E-state index in [1.165, 1.54) is 54.0 Å². The number of para-hydroxylation sites is 2. The number of pyridine rings is 1. The fourth-order valence-corrected chi connectivity index (χ4v) is 12.9. The number of hydrogen-bond donors (Lipinski definition) is 1. The zero-order valence-corrected chi connectivity index (χ0v) is 33.7. The number of aromatic nitrogens is 9. The molecule has 2 aromatic carbocycles. The van der Waals surface area contributed by atoms with Crippen molar-refractivity contribution in [3.63, 3.8) is 0 Å². The maximum Gasteiger partial charge on any atom is 0.303 e. The summed E-state index contributed by atoms with van der Waals surface area (Å²) in [7, 11) is -7.47. The van der Waals surface area contributed by atoms with Gasteiger partial charge in [0.2, 0.25) is 20.8 Å². The van der Waals surface area contributed by atoms with Crippen LogP contribution in [-0.4, -0.2) is 125 Å². The smallest absolute Gasteiger partial charge is 0.303 e. The van der Waals surface area contributed by atoms with Crippen LogP contribution in [0.3, 0.4) is 0 Å². The second-order valence-electron chi connectivity index (χ2n) is 14.5. The minimum absolute atomic E-state index is 0.166. The molecule has 0 radical (unpaired) electrons. The van der Waals surface area contributed by atoms with Crippen LogP contribution in [0.4, 0.5) is 0 Å². The zero-order valence-electron chi connectivity index (χ0n) is 31.9. The summed E-state index contributed by atoms with van der Waals surface area (Å²) in [6.07, 6.45) is -6.18. The van der Waals surface area contributed by atoms with Crippen molar-refractivity contribution < 1.29 is 56.4 Å². The summed E-state index contributed by atoms with van der Waals surface area (Å²) in [4.78, 5) is 45.0. The molecule has 0 amide bonds. The Labute approximate surface area is 333 Å². The van der Waals surface area contributed by atoms with Gasteiger partial charge < -0.3 is 42.2 Å². The van der Waals surface area contributed by atoms with Gasteiger partial charge in [0.05, 0.1) is 25.1 Å². The molecule has 2 fully saturated rings. The van der Waals surface area contributed by atoms with Gasteiger partial charge in [0.1, 0.15) is 45.7 Å². The molecule has 24 heteroatoms. The van der Waals surface area contributed by atoms with Gasteiger partial charge in [-0.25, -0.2) is 4.98 Å². The Morgan fingerprint density at radius 1 is 0.712 bits per heavy atom. The number of esters is 2. The van der Waals surface area contributed by atoms with Crippen LogP contribution in [0.5, 0.6) is 0 Å². The van der Waals surface area contributed by atoms with Crippen LogP contribution >= 0.6 is 14.7 Å². The molecular formula is C35H38N10O12P2. The monoisotopic (exact) mass is 852 g/mol. The molecule has 2 saturated heterocycles. The van der Waals surface area contributed by atoms with E-state index in [-0.39, 0.29) is 17.6 Å². The van der Waals surface area contributed by atoms with E-state index in [0.29, 0.717) is 27.6 Å². The van der Waals surface area contributed by atoms with Crippen molar-refractivity contribution in [1.29, 1.82) is 5.41 Å². The number of carbonyl (C=O) groups is 2. The summed E-state index contributed by atoms with van der Waals surface area (Å²) >= 11 is 0. The average molecular weight is 853 g/mol. The Balaban J connectivity index is 1.19. The van der Waals surface area contributed by atoms with E-state index in [0.717, 1.165) is 0 Å². The van der Waals surface area contributed by atoms with Crippen molar-refractivity contribution >= 4 is 59.8 Å². The highest BCUT2D eigenvalue weighted by molar-refractivity contribution is 7.75. The standard InChI is InChI=1S/C35H38N10O12P2/c1-19(46)52-29-26-15-50-58(3,48)18-59(4,49)51-16-27-30(56-44-23-11-7-5-9-21(23)38-40-44)32(57-45-24-12-8-6-10-22(24)39-41-45)35(55-27)43-17-37-28-25(43)13-14-42(33(28)36)34(54-26)31(29)53-20(2)47/h5-14,17,26-27,29-32,34-36H,15-16,18H2,1-4H3/t26-,27-,29?,30-,31?,32?,34-,35-,58?,59?/m0/s1. The maximum absolute atomic E-state index is 14.1. The molecule has 4 aliphatic heterocycles. The van der Waals surface area contributed by atoms with E-state index >= 15 is 0 Å². The molecule has 6 aromatic rings. The third kappa shape index (κ3) is 7.40. The topological polar surface area (TPSA) is 250 Å². The number of imidazole rings is 1. The lowest BCUT2D eigenvalue weighted by molar-refractivity contribution is -0.165. The number of nitrogens with one attached hydrogen (secondary N) is 1. The third-order valence-electron chi connectivity index (χ3n) is 10.1. The Hall–Kier alpha value is -5.50. The minimum Gasteiger partial charge on any atom is -0.456 e. The average Bonchev–Trinajstić information content (AvgIpc) is 4.01. The van der Waals surface area contributed by atoms with Crippen molar-refractivity contribution in [2.24, 2.45) is 0 Å². The molecule has 59 heavy (non-hydrogen) atoms. The Bertz CT molecular complexity index is 2750. The SMILES string of the molecule is CC(=O)OC1C(OC(C)=O)[C@@H]2O[C@H]1COP(C)(=O)CP(C)(=O)OC[C@@H]1O[C@@H](C(On3nnc4ccccc43)[C@H]1On1nnc3ccccc31)n1cnc3c(=N)n2ccc31. The number of nitrogens with zero attached hydrogens (tertiary/aromatic N) is 9. The quantitative estimate of drug-likeness (QED) is 0.186. The molecule has 10 rings (SSSR count). The van der Waals surface area contributed by atoms with Gasteiger partial charge >= 0.3 is 11.9 Å². The lowest BCUT2D eigenvalue weighted by Crippen LogP contribution is -2.47. The van der Waals surface area contributed by atoms with Gasteiger partial charge in [-0.05, 0) is 40.8 Å². The van der Waals surface area contributed by atoms with Crippen LogP contribution in [-0.2, 0) is 46.7 Å². The number of benzene rings is 2. The first-order chi connectivity index (χ1) is 28.2. The summed E-state index contributed by atoms with van der Waals surface area (Å²) in [6.45, 7) is 4.23. The predicted molar refractivity (Wildman–Crippen MR) is 202 cm³/mol. The van der Waals surface area contributed by atoms with E-state index in [9.17, 15) is 24.1 Å². The molecule has 4 aliphatic rings. The first-order valence-corrected chi connectivity index (χ1v) is 22.9. The second-order valence-corrected chi connectivity index (χ2v) is 20.2. The number of fused-ring (bicyclic) bond motifs is 9. The van der Waals surface area contributed by atoms with E-state index in [1.807, 2.05) is 12.1 Å². The van der Waals surface area contributed by atoms with Gasteiger partial charge in [-0.15, -0.1) is 10.2 Å². The van der Waals surface area contributed by atoms with Crippen molar-refractivity contribution in [3.8, 4) is 0 Å². The maximum atomic E-state index is 14.1. The Kier molecular flexibility index (Phi) is 9.88. The number of carbonyl (C=O) groups excluding carboxylic acids is 2. The molecule has 1 N–H and O–H groups in total. The van der Waals surface area contributed by atoms with Crippen LogP contribution in [0.2, 0.25) is 0 Å². The number of hydrogen-bond acceptors (Lipinski definition) is 18. The first-order valence-electron chi connectivity index (χ1n) is 18.4. The van der Waals surface area contributed by atoms with Crippen LogP contribution in [0.15, 0.2) is 67.1 Å². The third-order valence-corrected chi connectivity index (χ3v) is 15.6. The van der Waals surface area contributed by atoms with Gasteiger partial charge in [-0.3, -0.25) is 28.7 Å². The van der Waals surface area contributed by atoms with Crippen molar-refractivity contribution in [2.45, 2.75) is 62.9 Å². The molecular weight excluding hydrogens is 814 g/mol. The zero-order chi connectivity index (χ0) is 41.2. The van der Waals surface area contributed by atoms with E-state index in [4.69, 9.17) is 37.7 Å². The first kappa shape index (κ1) is 39.0. The highest BCUT2D eigenvalue weighted by atomic mass is 31.2. The van der Waals surface area contributed by atoms with Crippen molar-refractivity contribution in [1.82, 2.24) is 44.4 Å². The Morgan fingerprint density at radius 2 is 1.24 bits per heavy atom. The lowest BCUT2D eigenvalue weighted by atomic mass is 10.1. The van der Waals surface area contributed by atoms with Gasteiger partial charge in [-0.2, -0.15) is 0 Å². The molecule has 4 aromatic heterocycles. The largest absolute Gasteiger partial charge is 0.456 e. The van der Waals surface area contributed by atoms with Crippen LogP contribution in [0, 0.1) is 5.41 Å². The molecule has 22 nitrogen and oxygen atoms in total. The molecule has 10 atom stereocenters. The van der Waals surface area contributed by atoms with Crippen molar-refractivity contribution in [2.75, 3.05) is 32.4 Å². The molecule has 0 spiro atoms. The van der Waals surface area contributed by atoms with E-state index < -0.39 is 88.3 Å². The lowest BCUT2D eigenvalue weighted by Gasteiger charge is -2.26. The molecule has 5 unspecified atom stereocenters. The fraction of sp³-hybridized carbons (Fsp3) is 0.429. The van der Waals surface area contributed by atoms with Crippen LogP contribution in [0.1, 0.15) is 26.3 Å². The van der Waals surface area contributed by atoms with Crippen LogP contribution < -0.4 is 15.2 Å². The summed E-state index contributed by atoms with van der Waals surface area (Å²) in [5.41, 5.74) is 2.59. The van der Waals surface area contributed by atoms with Crippen molar-refractivity contribution in [3.05, 3.63) is 72.6 Å². The predicted octanol–water partition coefficient (Wildman–Crippen LogP) is 2.28. The molecule has 310 valence electrons. The highest BCUT2D eigenvalue weighted by Crippen LogP contribution is 2.59. The number of rotatable bonds is 6. The summed E-state index contributed by atoms with van der Waals surface area (Å²) in [6, 6.07) is 16.0.